The van der Waals surface area contributed by atoms with E-state index in [2.05, 4.69) is 5.32 Å². The molecular weight excluding hydrogens is 347 g/mol. The smallest absolute Gasteiger partial charge is 0.338 e. The molecule has 0 aromatic heterocycles. The minimum Gasteiger partial charge on any atom is -0.490 e. The van der Waals surface area contributed by atoms with Crippen LogP contribution in [0.3, 0.4) is 0 Å². The lowest BCUT2D eigenvalue weighted by atomic mass is 10.1. The van der Waals surface area contributed by atoms with E-state index in [1.54, 1.807) is 6.92 Å². The summed E-state index contributed by atoms with van der Waals surface area (Å²) >= 11 is 0. The van der Waals surface area contributed by atoms with Crippen molar-refractivity contribution >= 4 is 23.3 Å². The first kappa shape index (κ1) is 18.8. The van der Waals surface area contributed by atoms with Gasteiger partial charge in [0.1, 0.15) is 5.82 Å². The molecule has 0 heterocycles. The van der Waals surface area contributed by atoms with E-state index >= 15 is 0 Å². The van der Waals surface area contributed by atoms with Gasteiger partial charge in [0.2, 0.25) is 0 Å². The van der Waals surface area contributed by atoms with E-state index in [1.807, 2.05) is 0 Å². The second kappa shape index (κ2) is 8.06. The van der Waals surface area contributed by atoms with E-state index in [-0.39, 0.29) is 22.7 Å². The van der Waals surface area contributed by atoms with Gasteiger partial charge >= 0.3 is 11.7 Å². The number of methoxy groups -OCH3 is 1. The van der Waals surface area contributed by atoms with E-state index in [1.165, 1.54) is 31.4 Å². The van der Waals surface area contributed by atoms with Gasteiger partial charge in [0, 0.05) is 17.8 Å². The number of rotatable bonds is 6. The van der Waals surface area contributed by atoms with Gasteiger partial charge in [-0.15, -0.1) is 0 Å². The van der Waals surface area contributed by atoms with Crippen molar-refractivity contribution in [3.8, 4) is 5.75 Å². The van der Waals surface area contributed by atoms with Crippen LogP contribution in [0.5, 0.6) is 5.75 Å². The summed E-state index contributed by atoms with van der Waals surface area (Å²) in [7, 11) is 1.27. The normalized spacial score (nSPS) is 10.1. The van der Waals surface area contributed by atoms with E-state index in [0.29, 0.717) is 5.56 Å². The van der Waals surface area contributed by atoms with Crippen LogP contribution in [0, 0.1) is 22.9 Å². The van der Waals surface area contributed by atoms with Crippen LogP contribution in [0.2, 0.25) is 0 Å². The Morgan fingerprint density at radius 3 is 2.46 bits per heavy atom. The minimum absolute atomic E-state index is 0.0146. The number of aryl methyl sites for hydroxylation is 1. The number of anilines is 1. The summed E-state index contributed by atoms with van der Waals surface area (Å²) in [5.74, 6) is -1.93. The molecule has 0 bridgehead atoms. The summed E-state index contributed by atoms with van der Waals surface area (Å²) in [4.78, 5) is 34.1. The van der Waals surface area contributed by atoms with Gasteiger partial charge in [-0.05, 0) is 36.8 Å². The molecule has 2 aromatic rings. The lowest BCUT2D eigenvalue weighted by Crippen LogP contribution is -2.21. The fourth-order valence-corrected chi connectivity index (χ4v) is 2.10. The average molecular weight is 362 g/mol. The second-order valence-electron chi connectivity index (χ2n) is 5.23. The summed E-state index contributed by atoms with van der Waals surface area (Å²) in [6, 6.07) is 7.25. The van der Waals surface area contributed by atoms with Crippen LogP contribution in [0.25, 0.3) is 0 Å². The Labute approximate surface area is 147 Å². The molecule has 0 fully saturated rings. The van der Waals surface area contributed by atoms with Gasteiger partial charge in [0.05, 0.1) is 17.6 Å². The third kappa shape index (κ3) is 4.53. The maximum atomic E-state index is 12.8. The number of nitrogens with zero attached hydrogens (tertiary/aromatic N) is 1. The Hall–Kier alpha value is -3.49. The second-order valence-corrected chi connectivity index (χ2v) is 5.23. The molecule has 0 atom stereocenters. The highest BCUT2D eigenvalue weighted by Crippen LogP contribution is 2.32. The summed E-state index contributed by atoms with van der Waals surface area (Å²) in [5.41, 5.74) is 0.601. The van der Waals surface area contributed by atoms with E-state index < -0.39 is 29.2 Å². The van der Waals surface area contributed by atoms with Crippen molar-refractivity contribution in [2.24, 2.45) is 0 Å². The number of carbonyl (C=O) groups is 2. The molecule has 1 amide bonds. The summed E-state index contributed by atoms with van der Waals surface area (Å²) in [5, 5.41) is 13.4. The third-order valence-electron chi connectivity index (χ3n) is 3.41. The van der Waals surface area contributed by atoms with Gasteiger partial charge in [0.25, 0.3) is 5.91 Å². The minimum atomic E-state index is -0.779. The number of nitro groups is 1. The molecule has 8 nitrogen and oxygen atoms in total. The molecule has 136 valence electrons. The zero-order valence-corrected chi connectivity index (χ0v) is 13.9. The van der Waals surface area contributed by atoms with Gasteiger partial charge in [-0.25, -0.2) is 9.18 Å². The molecule has 0 unspecified atom stereocenters. The number of amides is 1. The van der Waals surface area contributed by atoms with Crippen LogP contribution >= 0.6 is 0 Å². The molecule has 1 N–H and O–H groups in total. The molecule has 0 aliphatic rings. The largest absolute Gasteiger partial charge is 0.490 e. The molecule has 0 aliphatic heterocycles. The average Bonchev–Trinajstić information content (AvgIpc) is 2.61. The molecule has 0 aliphatic carbocycles. The summed E-state index contributed by atoms with van der Waals surface area (Å²) < 4.78 is 22.6. The van der Waals surface area contributed by atoms with Crippen LogP contribution in [0.15, 0.2) is 36.4 Å². The molecule has 9 heteroatoms. The third-order valence-corrected chi connectivity index (χ3v) is 3.41. The van der Waals surface area contributed by atoms with Crippen molar-refractivity contribution < 1.29 is 28.4 Å². The molecule has 2 aromatic carbocycles. The predicted molar refractivity (Wildman–Crippen MR) is 89.7 cm³/mol. The van der Waals surface area contributed by atoms with Gasteiger partial charge in [-0.2, -0.15) is 0 Å². The van der Waals surface area contributed by atoms with Gasteiger partial charge < -0.3 is 14.8 Å². The Kier molecular flexibility index (Phi) is 5.84. The monoisotopic (exact) mass is 362 g/mol. The first-order valence-corrected chi connectivity index (χ1v) is 7.37. The Morgan fingerprint density at radius 2 is 1.88 bits per heavy atom. The quantitative estimate of drug-likeness (QED) is 0.481. The first-order chi connectivity index (χ1) is 12.3. The van der Waals surface area contributed by atoms with Crippen molar-refractivity contribution in [2.45, 2.75) is 6.92 Å². The first-order valence-electron chi connectivity index (χ1n) is 7.37. The van der Waals surface area contributed by atoms with Crippen LogP contribution in [0.4, 0.5) is 15.8 Å². The maximum Gasteiger partial charge on any atom is 0.338 e. The number of hydrogen-bond donors (Lipinski definition) is 1. The maximum absolute atomic E-state index is 12.8. The number of halogens is 1. The highest BCUT2D eigenvalue weighted by atomic mass is 19.1. The zero-order valence-electron chi connectivity index (χ0n) is 13.9. The summed E-state index contributed by atoms with van der Waals surface area (Å²) in [6.45, 7) is 1.00. The van der Waals surface area contributed by atoms with Crippen molar-refractivity contribution in [3.63, 3.8) is 0 Å². The van der Waals surface area contributed by atoms with E-state index in [0.717, 1.165) is 12.1 Å². The fraction of sp³-hybridized carbons (Fsp3) is 0.176. The number of benzene rings is 2. The Morgan fingerprint density at radius 1 is 1.23 bits per heavy atom. The number of nitrogens with one attached hydrogen (secondary N) is 1. The molecular formula is C17H15FN2O6. The lowest BCUT2D eigenvalue weighted by molar-refractivity contribution is -0.385. The summed E-state index contributed by atoms with van der Waals surface area (Å²) in [6.07, 6.45) is 0. The molecule has 0 radical (unpaired) electrons. The topological polar surface area (TPSA) is 108 Å². The van der Waals surface area contributed by atoms with Crippen molar-refractivity contribution in [3.05, 3.63) is 63.5 Å². The van der Waals surface area contributed by atoms with Gasteiger partial charge in [-0.1, -0.05) is 0 Å². The molecule has 2 rings (SSSR count). The SMILES string of the molecule is COc1cc(NC(=O)COC(=O)c2ccc(F)cc2)c(C)cc1[N+](=O)[O-]. The van der Waals surface area contributed by atoms with Crippen molar-refractivity contribution in [2.75, 3.05) is 19.0 Å². The van der Waals surface area contributed by atoms with Crippen LogP contribution in [-0.4, -0.2) is 30.5 Å². The van der Waals surface area contributed by atoms with Crippen LogP contribution in [0.1, 0.15) is 15.9 Å². The number of nitro benzene ring substituents is 1. The molecule has 0 spiro atoms. The van der Waals surface area contributed by atoms with Gasteiger partial charge in [-0.3, -0.25) is 14.9 Å². The van der Waals surface area contributed by atoms with E-state index in [4.69, 9.17) is 9.47 Å². The predicted octanol–water partition coefficient (Wildman–Crippen LogP) is 2.85. The van der Waals surface area contributed by atoms with E-state index in [9.17, 15) is 24.1 Å². The van der Waals surface area contributed by atoms with Gasteiger partial charge in [0.15, 0.2) is 12.4 Å². The fourth-order valence-electron chi connectivity index (χ4n) is 2.10. The number of hydrogen-bond acceptors (Lipinski definition) is 6. The number of carbonyl (C=O) groups excluding carboxylic acids is 2. The molecule has 26 heavy (non-hydrogen) atoms. The van der Waals surface area contributed by atoms with Crippen LogP contribution in [-0.2, 0) is 9.53 Å². The lowest BCUT2D eigenvalue weighted by Gasteiger charge is -2.11. The Bertz CT molecular complexity index is 851. The van der Waals surface area contributed by atoms with Crippen molar-refractivity contribution in [1.29, 1.82) is 0 Å². The highest BCUT2D eigenvalue weighted by molar-refractivity contribution is 5.96. The number of esters is 1. The molecule has 0 saturated heterocycles. The zero-order chi connectivity index (χ0) is 19.3. The Balaban J connectivity index is 2.02. The van der Waals surface area contributed by atoms with Crippen molar-refractivity contribution in [1.82, 2.24) is 0 Å². The highest BCUT2D eigenvalue weighted by Gasteiger charge is 2.19. The standard InChI is InChI=1S/C17H15FN2O6/c1-10-7-14(20(23)24)15(25-2)8-13(10)19-16(21)9-26-17(22)11-3-5-12(18)6-4-11/h3-8H,9H2,1-2H3,(H,19,21). The number of ether oxygens (including phenoxy) is 2. The molecule has 0 saturated carbocycles. The van der Waals surface area contributed by atoms with Crippen LogP contribution < -0.4 is 10.1 Å².